The lowest BCUT2D eigenvalue weighted by Gasteiger charge is -2.08. The van der Waals surface area contributed by atoms with E-state index in [0.717, 1.165) is 22.6 Å². The first-order valence-electron chi connectivity index (χ1n) is 5.59. The zero-order valence-corrected chi connectivity index (χ0v) is 11.3. The Kier molecular flexibility index (Phi) is 3.13. The Morgan fingerprint density at radius 1 is 1.33 bits per heavy atom. The van der Waals surface area contributed by atoms with Gasteiger partial charge in [-0.05, 0) is 44.5 Å². The lowest BCUT2D eigenvalue weighted by Crippen LogP contribution is -2.11. The number of aromatic nitrogens is 2. The maximum atomic E-state index is 7.38. The fourth-order valence-electron chi connectivity index (χ4n) is 1.80. The van der Waals surface area contributed by atoms with Gasteiger partial charge in [-0.25, -0.2) is 4.68 Å². The molecule has 0 fully saturated rings. The molecule has 0 aliphatic rings. The molecule has 0 amide bonds. The molecule has 0 atom stereocenters. The van der Waals surface area contributed by atoms with E-state index >= 15 is 0 Å². The molecule has 0 radical (unpaired) electrons. The number of rotatable bonds is 2. The van der Waals surface area contributed by atoms with E-state index in [4.69, 9.17) is 22.7 Å². The minimum atomic E-state index is 0.00741. The number of amidine groups is 1. The zero-order chi connectivity index (χ0) is 13.4. The van der Waals surface area contributed by atoms with Gasteiger partial charge in [0.25, 0.3) is 0 Å². The Hall–Kier alpha value is -1.81. The van der Waals surface area contributed by atoms with Crippen molar-refractivity contribution in [2.75, 3.05) is 0 Å². The molecule has 94 valence electrons. The van der Waals surface area contributed by atoms with E-state index in [9.17, 15) is 0 Å². The average molecular weight is 263 g/mol. The van der Waals surface area contributed by atoms with E-state index < -0.39 is 0 Å². The molecule has 1 heterocycles. The van der Waals surface area contributed by atoms with Crippen LogP contribution in [0.4, 0.5) is 0 Å². The summed E-state index contributed by atoms with van der Waals surface area (Å²) in [5, 5.41) is 12.4. The number of nitrogens with two attached hydrogens (primary N) is 1. The second kappa shape index (κ2) is 4.46. The van der Waals surface area contributed by atoms with Gasteiger partial charge in [-0.1, -0.05) is 11.6 Å². The summed E-state index contributed by atoms with van der Waals surface area (Å²) in [5.41, 5.74) is 10.0. The van der Waals surface area contributed by atoms with Gasteiger partial charge in [0.2, 0.25) is 0 Å². The van der Waals surface area contributed by atoms with Gasteiger partial charge in [0.05, 0.1) is 16.4 Å². The topological polar surface area (TPSA) is 67.7 Å². The third kappa shape index (κ3) is 1.99. The number of nitrogen functional groups attached to an aromatic ring is 1. The molecule has 2 rings (SSSR count). The van der Waals surface area contributed by atoms with Crippen molar-refractivity contribution < 1.29 is 0 Å². The predicted molar refractivity (Wildman–Crippen MR) is 73.8 cm³/mol. The third-order valence-corrected chi connectivity index (χ3v) is 3.44. The third-order valence-electron chi connectivity index (χ3n) is 3.14. The summed E-state index contributed by atoms with van der Waals surface area (Å²) in [6, 6.07) is 5.29. The van der Waals surface area contributed by atoms with Gasteiger partial charge in [0.15, 0.2) is 0 Å². The molecular formula is C13H15ClN4. The van der Waals surface area contributed by atoms with Crippen molar-refractivity contribution in [1.82, 2.24) is 9.78 Å². The maximum Gasteiger partial charge on any atom is 0.122 e. The number of benzene rings is 1. The monoisotopic (exact) mass is 262 g/mol. The van der Waals surface area contributed by atoms with Crippen molar-refractivity contribution in [3.05, 3.63) is 45.7 Å². The minimum absolute atomic E-state index is 0.00741. The van der Waals surface area contributed by atoms with Crippen LogP contribution >= 0.6 is 11.6 Å². The molecule has 1 aromatic heterocycles. The molecule has 0 bridgehead atoms. The van der Waals surface area contributed by atoms with E-state index in [1.54, 1.807) is 12.1 Å². The maximum absolute atomic E-state index is 7.38. The molecule has 0 saturated carbocycles. The number of hydrogen-bond donors (Lipinski definition) is 2. The van der Waals surface area contributed by atoms with Gasteiger partial charge in [0, 0.05) is 11.3 Å². The van der Waals surface area contributed by atoms with Crippen molar-refractivity contribution >= 4 is 17.4 Å². The first-order chi connectivity index (χ1) is 8.41. The van der Waals surface area contributed by atoms with Crippen LogP contribution in [0.3, 0.4) is 0 Å². The van der Waals surface area contributed by atoms with Gasteiger partial charge in [-0.15, -0.1) is 0 Å². The molecule has 0 saturated heterocycles. The number of nitrogens with zero attached hydrogens (tertiary/aromatic N) is 2. The van der Waals surface area contributed by atoms with Crippen LogP contribution in [0.15, 0.2) is 18.2 Å². The molecule has 0 aliphatic carbocycles. The highest BCUT2D eigenvalue weighted by atomic mass is 35.5. The summed E-state index contributed by atoms with van der Waals surface area (Å²) in [6.45, 7) is 6.01. The second-order valence-electron chi connectivity index (χ2n) is 4.29. The van der Waals surface area contributed by atoms with Crippen molar-refractivity contribution in [1.29, 1.82) is 5.41 Å². The molecule has 2 aromatic rings. The molecule has 5 heteroatoms. The van der Waals surface area contributed by atoms with E-state index in [0.29, 0.717) is 10.6 Å². The van der Waals surface area contributed by atoms with Crippen LogP contribution < -0.4 is 5.73 Å². The van der Waals surface area contributed by atoms with E-state index in [-0.39, 0.29) is 5.84 Å². The zero-order valence-electron chi connectivity index (χ0n) is 10.6. The first-order valence-corrected chi connectivity index (χ1v) is 5.96. The Morgan fingerprint density at radius 3 is 2.44 bits per heavy atom. The summed E-state index contributed by atoms with van der Waals surface area (Å²) >= 11 is 6.23. The van der Waals surface area contributed by atoms with Gasteiger partial charge >= 0.3 is 0 Å². The van der Waals surface area contributed by atoms with Gasteiger partial charge in [-0.3, -0.25) is 5.41 Å². The molecule has 0 unspecified atom stereocenters. The van der Waals surface area contributed by atoms with Crippen LogP contribution in [0.25, 0.3) is 5.69 Å². The molecule has 0 aliphatic heterocycles. The minimum Gasteiger partial charge on any atom is -0.384 e. The number of aryl methyl sites for hydroxylation is 1. The summed E-state index contributed by atoms with van der Waals surface area (Å²) < 4.78 is 1.82. The van der Waals surface area contributed by atoms with Crippen molar-refractivity contribution in [3.8, 4) is 5.69 Å². The number of halogens is 1. The van der Waals surface area contributed by atoms with Crippen molar-refractivity contribution in [2.45, 2.75) is 20.8 Å². The largest absolute Gasteiger partial charge is 0.384 e. The van der Waals surface area contributed by atoms with Crippen LogP contribution in [0.1, 0.15) is 22.5 Å². The molecular weight excluding hydrogens is 248 g/mol. The lowest BCUT2D eigenvalue weighted by molar-refractivity contribution is 0.833. The van der Waals surface area contributed by atoms with Crippen LogP contribution in [0.5, 0.6) is 0 Å². The number of hydrogen-bond acceptors (Lipinski definition) is 2. The molecule has 4 nitrogen and oxygen atoms in total. The Morgan fingerprint density at radius 2 is 2.00 bits per heavy atom. The van der Waals surface area contributed by atoms with Crippen LogP contribution in [-0.2, 0) is 0 Å². The average Bonchev–Trinajstić information content (AvgIpc) is 2.57. The highest BCUT2D eigenvalue weighted by molar-refractivity contribution is 6.32. The Balaban J connectivity index is 2.58. The van der Waals surface area contributed by atoms with E-state index in [2.05, 4.69) is 5.10 Å². The summed E-state index contributed by atoms with van der Waals surface area (Å²) in [7, 11) is 0. The summed E-state index contributed by atoms with van der Waals surface area (Å²) in [6.07, 6.45) is 0. The smallest absolute Gasteiger partial charge is 0.122 e. The SMILES string of the molecule is Cc1nn(-c2ccc(C(=N)N)cc2Cl)c(C)c1C. The summed E-state index contributed by atoms with van der Waals surface area (Å²) in [5.74, 6) is 0.00741. The fraction of sp³-hybridized carbons (Fsp3) is 0.231. The predicted octanol–water partition coefficient (Wildman–Crippen LogP) is 2.74. The van der Waals surface area contributed by atoms with Crippen LogP contribution in [-0.4, -0.2) is 15.6 Å². The molecule has 3 N–H and O–H groups in total. The summed E-state index contributed by atoms with van der Waals surface area (Å²) in [4.78, 5) is 0. The molecule has 18 heavy (non-hydrogen) atoms. The molecule has 1 aromatic carbocycles. The van der Waals surface area contributed by atoms with Gasteiger partial charge in [-0.2, -0.15) is 5.10 Å². The molecule has 0 spiro atoms. The van der Waals surface area contributed by atoms with Crippen molar-refractivity contribution in [2.24, 2.45) is 5.73 Å². The van der Waals surface area contributed by atoms with Crippen LogP contribution in [0.2, 0.25) is 5.02 Å². The van der Waals surface area contributed by atoms with Gasteiger partial charge in [0.1, 0.15) is 5.84 Å². The quantitative estimate of drug-likeness (QED) is 0.645. The van der Waals surface area contributed by atoms with Crippen LogP contribution in [0, 0.1) is 26.2 Å². The van der Waals surface area contributed by atoms with Crippen molar-refractivity contribution in [3.63, 3.8) is 0 Å². The van der Waals surface area contributed by atoms with E-state index in [1.165, 1.54) is 0 Å². The highest BCUT2D eigenvalue weighted by Gasteiger charge is 2.12. The first kappa shape index (κ1) is 12.6. The Labute approximate surface area is 111 Å². The number of nitrogens with one attached hydrogen (secondary N) is 1. The van der Waals surface area contributed by atoms with Gasteiger partial charge < -0.3 is 5.73 Å². The van der Waals surface area contributed by atoms with E-state index in [1.807, 2.05) is 31.5 Å². The lowest BCUT2D eigenvalue weighted by atomic mass is 10.2. The second-order valence-corrected chi connectivity index (χ2v) is 4.69. The highest BCUT2D eigenvalue weighted by Crippen LogP contribution is 2.24. The normalized spacial score (nSPS) is 10.7. The Bertz CT molecular complexity index is 628. The standard InChI is InChI=1S/C13H15ClN4/c1-7-8(2)17-18(9(7)3)12-5-4-10(13(15)16)6-11(12)14/h4-6H,1-3H3,(H3,15,16). The fourth-order valence-corrected chi connectivity index (χ4v) is 2.06.